The predicted octanol–water partition coefficient (Wildman–Crippen LogP) is 3.69. The molecule has 3 heterocycles. The molecule has 0 fully saturated rings. The van der Waals surface area contributed by atoms with Crippen LogP contribution in [0.3, 0.4) is 0 Å². The van der Waals surface area contributed by atoms with Gasteiger partial charge in [0.05, 0.1) is 11.9 Å². The van der Waals surface area contributed by atoms with Gasteiger partial charge in [0.1, 0.15) is 0 Å². The minimum absolute atomic E-state index is 0.334. The lowest BCUT2D eigenvalue weighted by molar-refractivity contribution is 0.583. The smallest absolute Gasteiger partial charge is 0.0710 e. The highest BCUT2D eigenvalue weighted by molar-refractivity contribution is 7.12. The number of thiophene rings is 1. The lowest BCUT2D eigenvalue weighted by Crippen LogP contribution is -2.17. The van der Waals surface area contributed by atoms with E-state index in [1.807, 2.05) is 35.9 Å². The van der Waals surface area contributed by atoms with Gasteiger partial charge in [-0.1, -0.05) is 0 Å². The Kier molecular flexibility index (Phi) is 4.13. The fraction of sp³-hybridized carbons (Fsp3) is 0.250. The summed E-state index contributed by atoms with van der Waals surface area (Å²) in [6.07, 6.45) is 5.50. The van der Waals surface area contributed by atoms with Crippen molar-refractivity contribution < 1.29 is 0 Å². The number of aromatic nitrogens is 3. The monoisotopic (exact) mass is 298 g/mol. The highest BCUT2D eigenvalue weighted by Gasteiger charge is 2.11. The van der Waals surface area contributed by atoms with Crippen molar-refractivity contribution in [2.24, 2.45) is 0 Å². The third-order valence-electron chi connectivity index (χ3n) is 3.45. The molecule has 0 aliphatic rings. The quantitative estimate of drug-likeness (QED) is 0.755. The van der Waals surface area contributed by atoms with E-state index in [-0.39, 0.29) is 0 Å². The van der Waals surface area contributed by atoms with Crippen LogP contribution in [0.5, 0.6) is 0 Å². The Balaban J connectivity index is 1.70. The SMILES string of the molecule is Cc1ccc(C(C)NCc2cn[nH]c2-c2cccnc2)s1. The van der Waals surface area contributed by atoms with Crippen molar-refractivity contribution in [1.29, 1.82) is 0 Å². The number of nitrogens with one attached hydrogen (secondary N) is 2. The normalized spacial score (nSPS) is 12.5. The van der Waals surface area contributed by atoms with Gasteiger partial charge in [0.2, 0.25) is 0 Å². The van der Waals surface area contributed by atoms with E-state index in [1.54, 1.807) is 6.20 Å². The lowest BCUT2D eigenvalue weighted by Gasteiger charge is -2.12. The van der Waals surface area contributed by atoms with Gasteiger partial charge in [0, 0.05) is 45.9 Å². The molecule has 4 nitrogen and oxygen atoms in total. The summed E-state index contributed by atoms with van der Waals surface area (Å²) < 4.78 is 0. The molecule has 3 aromatic rings. The molecule has 0 aliphatic heterocycles. The Labute approximate surface area is 128 Å². The molecule has 1 atom stereocenters. The second-order valence-electron chi connectivity index (χ2n) is 5.06. The summed E-state index contributed by atoms with van der Waals surface area (Å²) in [5, 5.41) is 10.8. The van der Waals surface area contributed by atoms with Crippen molar-refractivity contribution in [2.75, 3.05) is 0 Å². The summed E-state index contributed by atoms with van der Waals surface area (Å²) in [5.41, 5.74) is 3.25. The third kappa shape index (κ3) is 3.20. The zero-order valence-electron chi connectivity index (χ0n) is 12.1. The first-order valence-electron chi connectivity index (χ1n) is 6.96. The fourth-order valence-corrected chi connectivity index (χ4v) is 3.16. The van der Waals surface area contributed by atoms with Gasteiger partial charge in [-0.05, 0) is 38.1 Å². The first-order valence-corrected chi connectivity index (χ1v) is 7.78. The van der Waals surface area contributed by atoms with E-state index >= 15 is 0 Å². The van der Waals surface area contributed by atoms with Gasteiger partial charge in [0.15, 0.2) is 0 Å². The topological polar surface area (TPSA) is 53.6 Å². The molecule has 0 aliphatic carbocycles. The maximum absolute atomic E-state index is 4.16. The zero-order valence-corrected chi connectivity index (χ0v) is 12.9. The molecule has 3 aromatic heterocycles. The number of aromatic amines is 1. The number of H-pyrrole nitrogens is 1. The molecule has 2 N–H and O–H groups in total. The first-order chi connectivity index (χ1) is 10.2. The van der Waals surface area contributed by atoms with E-state index in [9.17, 15) is 0 Å². The molecule has 0 amide bonds. The summed E-state index contributed by atoms with van der Waals surface area (Å²) in [6, 6.07) is 8.66. The molecule has 5 heteroatoms. The number of hydrogen-bond donors (Lipinski definition) is 2. The van der Waals surface area contributed by atoms with Gasteiger partial charge in [-0.15, -0.1) is 11.3 Å². The van der Waals surface area contributed by atoms with Gasteiger partial charge in [-0.2, -0.15) is 5.10 Å². The summed E-state index contributed by atoms with van der Waals surface area (Å²) in [6.45, 7) is 5.10. The second kappa shape index (κ2) is 6.20. The Bertz CT molecular complexity index is 702. The number of rotatable bonds is 5. The van der Waals surface area contributed by atoms with E-state index in [0.29, 0.717) is 6.04 Å². The van der Waals surface area contributed by atoms with E-state index in [4.69, 9.17) is 0 Å². The average Bonchev–Trinajstić information content (AvgIpc) is 3.14. The Morgan fingerprint density at radius 3 is 2.90 bits per heavy atom. The number of nitrogens with zero attached hydrogens (tertiary/aromatic N) is 2. The van der Waals surface area contributed by atoms with Crippen molar-refractivity contribution in [3.05, 3.63) is 58.2 Å². The molecule has 0 radical (unpaired) electrons. The summed E-state index contributed by atoms with van der Waals surface area (Å²) in [7, 11) is 0. The van der Waals surface area contributed by atoms with Crippen LogP contribution in [0.4, 0.5) is 0 Å². The molecule has 0 bridgehead atoms. The maximum Gasteiger partial charge on any atom is 0.0710 e. The van der Waals surface area contributed by atoms with Gasteiger partial charge in [0.25, 0.3) is 0 Å². The maximum atomic E-state index is 4.16. The standard InChI is InChI=1S/C16H18N4S/c1-11-5-6-15(21-11)12(2)18-9-14-10-19-20-16(14)13-4-3-7-17-8-13/h3-8,10,12,18H,9H2,1-2H3,(H,19,20). The fourth-order valence-electron chi connectivity index (χ4n) is 2.26. The molecule has 0 aromatic carbocycles. The molecular formula is C16H18N4S. The number of pyridine rings is 1. The van der Waals surface area contributed by atoms with Crippen molar-refractivity contribution in [2.45, 2.75) is 26.4 Å². The minimum Gasteiger partial charge on any atom is -0.305 e. The van der Waals surface area contributed by atoms with Crippen LogP contribution in [0.25, 0.3) is 11.3 Å². The predicted molar refractivity (Wildman–Crippen MR) is 86.1 cm³/mol. The summed E-state index contributed by atoms with van der Waals surface area (Å²) in [5.74, 6) is 0. The Morgan fingerprint density at radius 1 is 1.29 bits per heavy atom. The number of aryl methyl sites for hydroxylation is 1. The van der Waals surface area contributed by atoms with E-state index < -0.39 is 0 Å². The Hall–Kier alpha value is -1.98. The van der Waals surface area contributed by atoms with Crippen molar-refractivity contribution >= 4 is 11.3 Å². The van der Waals surface area contributed by atoms with E-state index in [1.165, 1.54) is 9.75 Å². The molecule has 3 rings (SSSR count). The molecular weight excluding hydrogens is 280 g/mol. The van der Waals surface area contributed by atoms with Gasteiger partial charge < -0.3 is 5.32 Å². The van der Waals surface area contributed by atoms with Crippen LogP contribution >= 0.6 is 11.3 Å². The molecule has 21 heavy (non-hydrogen) atoms. The minimum atomic E-state index is 0.334. The van der Waals surface area contributed by atoms with Crippen molar-refractivity contribution in [1.82, 2.24) is 20.5 Å². The number of hydrogen-bond acceptors (Lipinski definition) is 4. The van der Waals surface area contributed by atoms with E-state index in [2.05, 4.69) is 46.5 Å². The van der Waals surface area contributed by atoms with Crippen LogP contribution in [0.1, 0.15) is 28.3 Å². The van der Waals surface area contributed by atoms with Gasteiger partial charge in [-0.3, -0.25) is 10.1 Å². The first kappa shape index (κ1) is 14.0. The van der Waals surface area contributed by atoms with Crippen LogP contribution < -0.4 is 5.32 Å². The molecule has 1 unspecified atom stereocenters. The second-order valence-corrected chi connectivity index (χ2v) is 6.38. The lowest BCUT2D eigenvalue weighted by atomic mass is 10.1. The van der Waals surface area contributed by atoms with Gasteiger partial charge in [-0.25, -0.2) is 0 Å². The molecule has 0 saturated carbocycles. The van der Waals surface area contributed by atoms with Crippen molar-refractivity contribution in [3.8, 4) is 11.3 Å². The van der Waals surface area contributed by atoms with Crippen LogP contribution in [-0.2, 0) is 6.54 Å². The van der Waals surface area contributed by atoms with Crippen LogP contribution in [-0.4, -0.2) is 15.2 Å². The molecule has 0 spiro atoms. The van der Waals surface area contributed by atoms with Crippen LogP contribution in [0.15, 0.2) is 42.9 Å². The van der Waals surface area contributed by atoms with Gasteiger partial charge >= 0.3 is 0 Å². The molecule has 0 saturated heterocycles. The highest BCUT2D eigenvalue weighted by atomic mass is 32.1. The summed E-state index contributed by atoms with van der Waals surface area (Å²) in [4.78, 5) is 6.87. The molecule has 108 valence electrons. The van der Waals surface area contributed by atoms with Crippen molar-refractivity contribution in [3.63, 3.8) is 0 Å². The van der Waals surface area contributed by atoms with E-state index in [0.717, 1.165) is 23.4 Å². The van der Waals surface area contributed by atoms with Crippen LogP contribution in [0, 0.1) is 6.92 Å². The Morgan fingerprint density at radius 2 is 2.19 bits per heavy atom. The average molecular weight is 298 g/mol. The summed E-state index contributed by atoms with van der Waals surface area (Å²) >= 11 is 1.84. The zero-order chi connectivity index (χ0) is 14.7. The van der Waals surface area contributed by atoms with Crippen LogP contribution in [0.2, 0.25) is 0 Å². The largest absolute Gasteiger partial charge is 0.305 e. The third-order valence-corrected chi connectivity index (χ3v) is 4.64. The highest BCUT2D eigenvalue weighted by Crippen LogP contribution is 2.24.